The fourth-order valence-electron chi connectivity index (χ4n) is 2.42. The fraction of sp³-hybridized carbons (Fsp3) is 0.312. The van der Waals surface area contributed by atoms with Crippen LogP contribution in [0.4, 0.5) is 14.6 Å². The lowest BCUT2D eigenvalue weighted by Crippen LogP contribution is -2.08. The number of aryl methyl sites for hydroxylation is 1. The van der Waals surface area contributed by atoms with Crippen molar-refractivity contribution >= 4 is 38.9 Å². The van der Waals surface area contributed by atoms with E-state index in [9.17, 15) is 8.78 Å². The van der Waals surface area contributed by atoms with Crippen molar-refractivity contribution in [3.8, 4) is 0 Å². The van der Waals surface area contributed by atoms with Crippen LogP contribution in [0.5, 0.6) is 0 Å². The smallest absolute Gasteiger partial charge is 0.243 e. The predicted octanol–water partition coefficient (Wildman–Crippen LogP) is 4.58. The molecule has 3 aromatic heterocycles. The number of fused-ring (bicyclic) bond motifs is 1. The normalized spacial score (nSPS) is 12.5. The molecule has 0 aliphatic carbocycles. The molecule has 0 aliphatic rings. The number of nitrogens with zero attached hydrogens (tertiary/aromatic N) is 4. The Hall–Kier alpha value is -1.80. The number of hydrogen-bond donors (Lipinski definition) is 1. The van der Waals surface area contributed by atoms with Gasteiger partial charge in [0, 0.05) is 6.20 Å². The topological polar surface area (TPSA) is 55.1 Å². The summed E-state index contributed by atoms with van der Waals surface area (Å²) in [6, 6.07) is 4.73. The molecule has 0 saturated carbocycles. The maximum Gasteiger partial charge on any atom is 0.243 e. The van der Waals surface area contributed by atoms with Crippen LogP contribution >= 0.6 is 27.5 Å². The van der Waals surface area contributed by atoms with E-state index in [0.717, 1.165) is 5.56 Å². The lowest BCUT2D eigenvalue weighted by Gasteiger charge is -2.08. The average Bonchev–Trinajstić information content (AvgIpc) is 2.88. The predicted molar refractivity (Wildman–Crippen MR) is 96.1 cm³/mol. The highest BCUT2D eigenvalue weighted by atomic mass is 79.9. The van der Waals surface area contributed by atoms with Gasteiger partial charge in [0.2, 0.25) is 5.28 Å². The molecule has 1 unspecified atom stereocenters. The van der Waals surface area contributed by atoms with Gasteiger partial charge in [0.15, 0.2) is 5.82 Å². The quantitative estimate of drug-likeness (QED) is 0.622. The zero-order chi connectivity index (χ0) is 18.0. The van der Waals surface area contributed by atoms with Crippen LogP contribution in [-0.2, 0) is 13.0 Å². The third kappa shape index (κ3) is 4.07. The van der Waals surface area contributed by atoms with Crippen LogP contribution in [0.25, 0.3) is 5.52 Å². The first-order valence-electron chi connectivity index (χ1n) is 7.66. The second kappa shape index (κ2) is 7.61. The van der Waals surface area contributed by atoms with Crippen molar-refractivity contribution in [2.45, 2.75) is 32.5 Å². The third-order valence-corrected chi connectivity index (χ3v) is 4.69. The van der Waals surface area contributed by atoms with Crippen molar-refractivity contribution < 1.29 is 8.78 Å². The summed E-state index contributed by atoms with van der Waals surface area (Å²) in [5.74, 6) is 0.0469. The molecule has 9 heteroatoms. The molecular weight excluding hydrogens is 416 g/mol. The van der Waals surface area contributed by atoms with Crippen molar-refractivity contribution in [3.05, 3.63) is 51.4 Å². The van der Waals surface area contributed by atoms with E-state index in [-0.39, 0.29) is 17.5 Å². The first-order chi connectivity index (χ1) is 12.0. The third-order valence-electron chi connectivity index (χ3n) is 3.69. The second-order valence-corrected chi connectivity index (χ2v) is 6.68. The molecule has 0 amide bonds. The Balaban J connectivity index is 1.92. The molecule has 132 valence electrons. The molecule has 0 fully saturated rings. The molecule has 0 saturated heterocycles. The van der Waals surface area contributed by atoms with Crippen LogP contribution in [0.3, 0.4) is 0 Å². The Morgan fingerprint density at radius 1 is 1.44 bits per heavy atom. The standard InChI is InChI=1S/C16H15BrClF2N5/c1-9(19)4-5-10-7-13-15(23-16(18)24-25(13)14(10)17)22-8-12-11(20)3-2-6-21-12/h2-3,6-7,9H,4-5,8H2,1H3,(H,22,23,24). The summed E-state index contributed by atoms with van der Waals surface area (Å²) in [6.45, 7) is 1.67. The minimum absolute atomic E-state index is 0.0400. The van der Waals surface area contributed by atoms with Gasteiger partial charge in [-0.05, 0) is 71.1 Å². The number of rotatable bonds is 6. The molecule has 3 heterocycles. The summed E-state index contributed by atoms with van der Waals surface area (Å²) in [4.78, 5) is 8.17. The van der Waals surface area contributed by atoms with Gasteiger partial charge in [-0.2, -0.15) is 4.98 Å². The largest absolute Gasteiger partial charge is 0.362 e. The lowest BCUT2D eigenvalue weighted by atomic mass is 10.1. The minimum atomic E-state index is -0.894. The Bertz CT molecular complexity index is 900. The van der Waals surface area contributed by atoms with E-state index in [4.69, 9.17) is 11.6 Å². The Morgan fingerprint density at radius 3 is 2.96 bits per heavy atom. The van der Waals surface area contributed by atoms with E-state index in [1.807, 2.05) is 6.07 Å². The van der Waals surface area contributed by atoms with Crippen molar-refractivity contribution in [2.24, 2.45) is 0 Å². The first kappa shape index (κ1) is 18.0. The SMILES string of the molecule is CC(F)CCc1cc2c(NCc3ncccc3F)nc(Cl)nn2c1Br. The lowest BCUT2D eigenvalue weighted by molar-refractivity contribution is 0.341. The number of nitrogens with one attached hydrogen (secondary N) is 1. The summed E-state index contributed by atoms with van der Waals surface area (Å²) in [5.41, 5.74) is 1.83. The fourth-order valence-corrected chi connectivity index (χ4v) is 3.17. The van der Waals surface area contributed by atoms with Gasteiger partial charge in [-0.15, -0.1) is 5.10 Å². The molecule has 3 rings (SSSR count). The highest BCUT2D eigenvalue weighted by molar-refractivity contribution is 9.10. The van der Waals surface area contributed by atoms with Gasteiger partial charge < -0.3 is 5.32 Å². The van der Waals surface area contributed by atoms with Gasteiger partial charge in [0.25, 0.3) is 0 Å². The Kier molecular flexibility index (Phi) is 5.48. The maximum absolute atomic E-state index is 13.7. The molecule has 0 aliphatic heterocycles. The van der Waals surface area contributed by atoms with Crippen LogP contribution in [0, 0.1) is 5.82 Å². The molecular formula is C16H15BrClF2N5. The van der Waals surface area contributed by atoms with Gasteiger partial charge in [0.05, 0.1) is 18.4 Å². The van der Waals surface area contributed by atoms with E-state index in [2.05, 4.69) is 36.3 Å². The summed E-state index contributed by atoms with van der Waals surface area (Å²) in [5, 5.41) is 7.23. The highest BCUT2D eigenvalue weighted by Gasteiger charge is 2.16. The van der Waals surface area contributed by atoms with Crippen LogP contribution in [-0.4, -0.2) is 25.8 Å². The molecule has 1 atom stereocenters. The molecule has 25 heavy (non-hydrogen) atoms. The van der Waals surface area contributed by atoms with Crippen LogP contribution in [0.1, 0.15) is 24.6 Å². The zero-order valence-electron chi connectivity index (χ0n) is 13.3. The first-order valence-corrected chi connectivity index (χ1v) is 8.83. The van der Waals surface area contributed by atoms with Gasteiger partial charge in [-0.25, -0.2) is 13.3 Å². The number of pyridine rings is 1. The molecule has 0 radical (unpaired) electrons. The summed E-state index contributed by atoms with van der Waals surface area (Å²) in [7, 11) is 0. The van der Waals surface area contributed by atoms with E-state index < -0.39 is 12.0 Å². The van der Waals surface area contributed by atoms with Crippen LogP contribution in [0.15, 0.2) is 29.0 Å². The second-order valence-electron chi connectivity index (χ2n) is 5.59. The molecule has 1 N–H and O–H groups in total. The summed E-state index contributed by atoms with van der Waals surface area (Å²) < 4.78 is 29.1. The van der Waals surface area contributed by atoms with Gasteiger partial charge in [-0.3, -0.25) is 4.98 Å². The number of aromatic nitrogens is 4. The Morgan fingerprint density at radius 2 is 2.24 bits per heavy atom. The average molecular weight is 431 g/mol. The molecule has 0 spiro atoms. The van der Waals surface area contributed by atoms with E-state index in [1.165, 1.54) is 25.3 Å². The van der Waals surface area contributed by atoms with Gasteiger partial charge in [-0.1, -0.05) is 0 Å². The maximum atomic E-state index is 13.7. The zero-order valence-corrected chi connectivity index (χ0v) is 15.7. The summed E-state index contributed by atoms with van der Waals surface area (Å²) >= 11 is 9.46. The summed E-state index contributed by atoms with van der Waals surface area (Å²) in [6.07, 6.45) is 1.58. The highest BCUT2D eigenvalue weighted by Crippen LogP contribution is 2.28. The van der Waals surface area contributed by atoms with Crippen LogP contribution < -0.4 is 5.32 Å². The van der Waals surface area contributed by atoms with Crippen molar-refractivity contribution in [1.29, 1.82) is 0 Å². The number of anilines is 1. The molecule has 5 nitrogen and oxygen atoms in total. The molecule has 0 aromatic carbocycles. The number of alkyl halides is 1. The van der Waals surface area contributed by atoms with Gasteiger partial charge in [0.1, 0.15) is 15.9 Å². The van der Waals surface area contributed by atoms with Crippen LogP contribution in [0.2, 0.25) is 5.28 Å². The number of halogens is 4. The monoisotopic (exact) mass is 429 g/mol. The van der Waals surface area contributed by atoms with Crippen molar-refractivity contribution in [2.75, 3.05) is 5.32 Å². The van der Waals surface area contributed by atoms with Crippen molar-refractivity contribution in [1.82, 2.24) is 19.6 Å². The molecule has 0 bridgehead atoms. The van der Waals surface area contributed by atoms with Crippen molar-refractivity contribution in [3.63, 3.8) is 0 Å². The Labute approximate surface area is 156 Å². The van der Waals surface area contributed by atoms with E-state index in [0.29, 0.717) is 28.8 Å². The number of hydrogen-bond acceptors (Lipinski definition) is 4. The van der Waals surface area contributed by atoms with E-state index >= 15 is 0 Å². The van der Waals surface area contributed by atoms with Gasteiger partial charge >= 0.3 is 0 Å². The molecule has 3 aromatic rings. The minimum Gasteiger partial charge on any atom is -0.362 e. The van der Waals surface area contributed by atoms with E-state index in [1.54, 1.807) is 4.52 Å².